The first-order valence-electron chi connectivity index (χ1n) is 5.39. The van der Waals surface area contributed by atoms with Crippen LogP contribution in [-0.2, 0) is 6.54 Å². The van der Waals surface area contributed by atoms with Crippen LogP contribution < -0.4 is 0 Å². The Morgan fingerprint density at radius 1 is 1.41 bits per heavy atom. The van der Waals surface area contributed by atoms with Gasteiger partial charge in [0.15, 0.2) is 5.82 Å². The van der Waals surface area contributed by atoms with E-state index in [1.165, 1.54) is 12.1 Å². The van der Waals surface area contributed by atoms with Crippen molar-refractivity contribution in [3.63, 3.8) is 0 Å². The van der Waals surface area contributed by atoms with Crippen molar-refractivity contribution in [3.05, 3.63) is 48.1 Å². The summed E-state index contributed by atoms with van der Waals surface area (Å²) in [6.07, 6.45) is 5.26. The Labute approximate surface area is 98.1 Å². The molecule has 88 valence electrons. The summed E-state index contributed by atoms with van der Waals surface area (Å²) in [5, 5.41) is 0. The minimum Gasteiger partial charge on any atom is -0.328 e. The number of carbonyl (C=O) groups excluding carboxylic acids is 1. The zero-order chi connectivity index (χ0) is 12.3. The zero-order valence-electron chi connectivity index (χ0n) is 9.43. The van der Waals surface area contributed by atoms with Crippen LogP contribution in [0.4, 0.5) is 4.39 Å². The Kier molecular flexibility index (Phi) is 3.27. The Hall–Kier alpha value is -2.04. The van der Waals surface area contributed by atoms with Crippen LogP contribution in [0.1, 0.15) is 29.7 Å². The molecule has 2 aromatic rings. The SMILES string of the molecule is CCCn1ccnc1C(=O)c1ccc(F)cn1. The molecule has 0 unspecified atom stereocenters. The third kappa shape index (κ3) is 2.38. The van der Waals surface area contributed by atoms with Crippen LogP contribution in [0.5, 0.6) is 0 Å². The fourth-order valence-corrected chi connectivity index (χ4v) is 1.56. The number of aromatic nitrogens is 3. The number of rotatable bonds is 4. The third-order valence-electron chi connectivity index (χ3n) is 2.34. The monoisotopic (exact) mass is 233 g/mol. The molecule has 0 bridgehead atoms. The number of aryl methyl sites for hydroxylation is 1. The quantitative estimate of drug-likeness (QED) is 0.759. The second-order valence-electron chi connectivity index (χ2n) is 3.64. The van der Waals surface area contributed by atoms with Gasteiger partial charge in [-0.3, -0.25) is 4.79 Å². The number of ketones is 1. The molecular weight excluding hydrogens is 221 g/mol. The molecule has 0 aliphatic rings. The maximum absolute atomic E-state index is 12.7. The van der Waals surface area contributed by atoms with Crippen molar-refractivity contribution >= 4 is 5.78 Å². The van der Waals surface area contributed by atoms with E-state index in [1.54, 1.807) is 17.0 Å². The van der Waals surface area contributed by atoms with E-state index in [-0.39, 0.29) is 11.5 Å². The average molecular weight is 233 g/mol. The molecule has 0 aromatic carbocycles. The first-order valence-corrected chi connectivity index (χ1v) is 5.39. The van der Waals surface area contributed by atoms with E-state index in [0.29, 0.717) is 5.82 Å². The number of halogens is 1. The van der Waals surface area contributed by atoms with Gasteiger partial charge in [-0.25, -0.2) is 14.4 Å². The van der Waals surface area contributed by atoms with Crippen LogP contribution in [0, 0.1) is 5.82 Å². The van der Waals surface area contributed by atoms with E-state index < -0.39 is 5.82 Å². The van der Waals surface area contributed by atoms with Crippen LogP contribution in [0.15, 0.2) is 30.7 Å². The fraction of sp³-hybridized carbons (Fsp3) is 0.250. The lowest BCUT2D eigenvalue weighted by atomic mass is 10.2. The highest BCUT2D eigenvalue weighted by Crippen LogP contribution is 2.07. The fourth-order valence-electron chi connectivity index (χ4n) is 1.56. The lowest BCUT2D eigenvalue weighted by Crippen LogP contribution is -2.12. The summed E-state index contributed by atoms with van der Waals surface area (Å²) in [5.41, 5.74) is 0.204. The molecule has 2 heterocycles. The highest BCUT2D eigenvalue weighted by molar-refractivity contribution is 6.05. The van der Waals surface area contributed by atoms with E-state index >= 15 is 0 Å². The van der Waals surface area contributed by atoms with Crippen LogP contribution >= 0.6 is 0 Å². The molecule has 0 aliphatic carbocycles. The van der Waals surface area contributed by atoms with Gasteiger partial charge in [0.1, 0.15) is 11.5 Å². The minimum atomic E-state index is -0.460. The normalized spacial score (nSPS) is 10.5. The third-order valence-corrected chi connectivity index (χ3v) is 2.34. The molecule has 0 saturated carbocycles. The summed E-state index contributed by atoms with van der Waals surface area (Å²) in [6.45, 7) is 2.74. The highest BCUT2D eigenvalue weighted by atomic mass is 19.1. The number of hydrogen-bond acceptors (Lipinski definition) is 3. The van der Waals surface area contributed by atoms with Crippen molar-refractivity contribution in [1.82, 2.24) is 14.5 Å². The van der Waals surface area contributed by atoms with Crippen molar-refractivity contribution in [1.29, 1.82) is 0 Å². The Bertz CT molecular complexity index is 519. The van der Waals surface area contributed by atoms with Crippen molar-refractivity contribution in [3.8, 4) is 0 Å². The van der Waals surface area contributed by atoms with Gasteiger partial charge in [-0.15, -0.1) is 0 Å². The predicted octanol–water partition coefficient (Wildman–Crippen LogP) is 2.06. The van der Waals surface area contributed by atoms with Crippen LogP contribution in [0.2, 0.25) is 0 Å². The molecule has 5 heteroatoms. The molecule has 2 rings (SSSR count). The van der Waals surface area contributed by atoms with E-state index in [1.807, 2.05) is 6.92 Å². The molecule has 17 heavy (non-hydrogen) atoms. The standard InChI is InChI=1S/C12H12FN3O/c1-2-6-16-7-5-14-12(16)11(17)10-4-3-9(13)8-15-10/h3-5,7-8H,2,6H2,1H3. The first-order chi connectivity index (χ1) is 8.22. The summed E-state index contributed by atoms with van der Waals surface area (Å²) in [5.74, 6) is -0.409. The van der Waals surface area contributed by atoms with Gasteiger partial charge in [0, 0.05) is 18.9 Å². The molecule has 4 nitrogen and oxygen atoms in total. The van der Waals surface area contributed by atoms with E-state index in [2.05, 4.69) is 9.97 Å². The van der Waals surface area contributed by atoms with Crippen molar-refractivity contribution in [2.45, 2.75) is 19.9 Å². The smallest absolute Gasteiger partial charge is 0.246 e. The molecule has 0 spiro atoms. The number of imidazole rings is 1. The van der Waals surface area contributed by atoms with Crippen molar-refractivity contribution in [2.75, 3.05) is 0 Å². The van der Waals surface area contributed by atoms with E-state index in [4.69, 9.17) is 0 Å². The second-order valence-corrected chi connectivity index (χ2v) is 3.64. The number of hydrogen-bond donors (Lipinski definition) is 0. The first kappa shape index (κ1) is 11.4. The molecule has 0 fully saturated rings. The van der Waals surface area contributed by atoms with Crippen LogP contribution in [0.3, 0.4) is 0 Å². The van der Waals surface area contributed by atoms with Gasteiger partial charge in [0.25, 0.3) is 0 Å². The van der Waals surface area contributed by atoms with Crippen LogP contribution in [0.25, 0.3) is 0 Å². The van der Waals surface area contributed by atoms with E-state index in [9.17, 15) is 9.18 Å². The van der Waals surface area contributed by atoms with Crippen molar-refractivity contribution < 1.29 is 9.18 Å². The zero-order valence-corrected chi connectivity index (χ0v) is 9.43. The van der Waals surface area contributed by atoms with Gasteiger partial charge in [-0.05, 0) is 18.6 Å². The van der Waals surface area contributed by atoms with Crippen LogP contribution in [-0.4, -0.2) is 20.3 Å². The molecular formula is C12H12FN3O. The van der Waals surface area contributed by atoms with Gasteiger partial charge in [0.05, 0.1) is 6.20 Å². The molecule has 0 saturated heterocycles. The Morgan fingerprint density at radius 3 is 2.88 bits per heavy atom. The maximum atomic E-state index is 12.7. The molecule has 0 aliphatic heterocycles. The van der Waals surface area contributed by atoms with Gasteiger partial charge < -0.3 is 4.57 Å². The molecule has 0 amide bonds. The van der Waals surface area contributed by atoms with Gasteiger partial charge in [0.2, 0.25) is 5.78 Å². The van der Waals surface area contributed by atoms with Gasteiger partial charge in [-0.1, -0.05) is 6.92 Å². The topological polar surface area (TPSA) is 47.8 Å². The molecule has 2 aromatic heterocycles. The molecule has 0 N–H and O–H groups in total. The average Bonchev–Trinajstić information content (AvgIpc) is 2.78. The second kappa shape index (κ2) is 4.86. The lowest BCUT2D eigenvalue weighted by Gasteiger charge is -2.04. The Morgan fingerprint density at radius 2 is 2.24 bits per heavy atom. The Balaban J connectivity index is 2.30. The predicted molar refractivity (Wildman–Crippen MR) is 60.1 cm³/mol. The highest BCUT2D eigenvalue weighted by Gasteiger charge is 2.15. The summed E-state index contributed by atoms with van der Waals surface area (Å²) in [4.78, 5) is 19.8. The summed E-state index contributed by atoms with van der Waals surface area (Å²) in [7, 11) is 0. The molecule has 0 radical (unpaired) electrons. The lowest BCUT2D eigenvalue weighted by molar-refractivity contribution is 0.102. The number of nitrogens with zero attached hydrogens (tertiary/aromatic N) is 3. The summed E-state index contributed by atoms with van der Waals surface area (Å²) in [6, 6.07) is 2.58. The van der Waals surface area contributed by atoms with Crippen molar-refractivity contribution in [2.24, 2.45) is 0 Å². The maximum Gasteiger partial charge on any atom is 0.246 e. The van der Waals surface area contributed by atoms with Gasteiger partial charge >= 0.3 is 0 Å². The largest absolute Gasteiger partial charge is 0.328 e. The summed E-state index contributed by atoms with van der Waals surface area (Å²) < 4.78 is 14.5. The minimum absolute atomic E-state index is 0.204. The molecule has 0 atom stereocenters. The number of carbonyl (C=O) groups is 1. The number of pyridine rings is 1. The summed E-state index contributed by atoms with van der Waals surface area (Å²) >= 11 is 0. The van der Waals surface area contributed by atoms with Gasteiger partial charge in [-0.2, -0.15) is 0 Å². The van der Waals surface area contributed by atoms with E-state index in [0.717, 1.165) is 19.2 Å².